The molecule has 7 heteroatoms. The van der Waals surface area contributed by atoms with Gasteiger partial charge in [-0.25, -0.2) is 0 Å². The summed E-state index contributed by atoms with van der Waals surface area (Å²) in [5.74, 6) is 0.300. The molecule has 0 spiro atoms. The number of halogens is 1. The maximum atomic E-state index is 13.2. The maximum absolute atomic E-state index is 13.2. The fourth-order valence-corrected chi connectivity index (χ4v) is 4.38. The zero-order valence-corrected chi connectivity index (χ0v) is 17.7. The Bertz CT molecular complexity index is 697. The van der Waals surface area contributed by atoms with E-state index in [1.165, 1.54) is 5.56 Å². The van der Waals surface area contributed by atoms with E-state index < -0.39 is 5.54 Å². The second-order valence-corrected chi connectivity index (χ2v) is 8.52. The number of ether oxygens (including phenoxy) is 1. The van der Waals surface area contributed by atoms with E-state index in [2.05, 4.69) is 17.0 Å². The maximum Gasteiger partial charge on any atom is 0.242 e. The largest absolute Gasteiger partial charge is 0.381 e. The molecule has 2 amide bonds. The summed E-state index contributed by atoms with van der Waals surface area (Å²) in [4.78, 5) is 30.0. The van der Waals surface area contributed by atoms with Crippen molar-refractivity contribution in [2.45, 2.75) is 56.7 Å². The van der Waals surface area contributed by atoms with E-state index in [1.807, 2.05) is 23.1 Å². The minimum atomic E-state index is -0.789. The monoisotopic (exact) mass is 421 g/mol. The first kappa shape index (κ1) is 22.1. The predicted octanol–water partition coefficient (Wildman–Crippen LogP) is 2.35. The number of piperidine rings is 1. The van der Waals surface area contributed by atoms with Crippen molar-refractivity contribution < 1.29 is 14.3 Å². The van der Waals surface area contributed by atoms with Gasteiger partial charge in [0.2, 0.25) is 11.8 Å². The SMILES string of the molecule is Cl.NC1(C(=O)N2CCC(C(=O)N(Cc3ccccc3)C3CC3)CC2)CCOCC1. The summed E-state index contributed by atoms with van der Waals surface area (Å²) in [6.07, 6.45) is 4.83. The Morgan fingerprint density at radius 1 is 1.07 bits per heavy atom. The zero-order valence-electron chi connectivity index (χ0n) is 16.9. The van der Waals surface area contributed by atoms with Crippen molar-refractivity contribution >= 4 is 24.2 Å². The van der Waals surface area contributed by atoms with Crippen LogP contribution in [-0.4, -0.2) is 59.5 Å². The molecule has 0 radical (unpaired) electrons. The fourth-order valence-electron chi connectivity index (χ4n) is 4.38. The number of rotatable bonds is 5. The molecule has 0 atom stereocenters. The first-order valence-corrected chi connectivity index (χ1v) is 10.6. The topological polar surface area (TPSA) is 75.9 Å². The van der Waals surface area contributed by atoms with Gasteiger partial charge in [-0.3, -0.25) is 9.59 Å². The van der Waals surface area contributed by atoms with E-state index in [0.717, 1.165) is 25.7 Å². The highest BCUT2D eigenvalue weighted by atomic mass is 35.5. The third-order valence-corrected chi connectivity index (χ3v) is 6.41. The second-order valence-electron chi connectivity index (χ2n) is 8.52. The molecule has 2 aliphatic heterocycles. The molecular formula is C22H32ClN3O3. The van der Waals surface area contributed by atoms with Gasteiger partial charge in [0.15, 0.2) is 0 Å². The van der Waals surface area contributed by atoms with Crippen molar-refractivity contribution in [1.82, 2.24) is 9.80 Å². The van der Waals surface area contributed by atoms with Crippen molar-refractivity contribution in [3.8, 4) is 0 Å². The Morgan fingerprint density at radius 3 is 2.28 bits per heavy atom. The molecule has 29 heavy (non-hydrogen) atoms. The van der Waals surface area contributed by atoms with Crippen LogP contribution >= 0.6 is 12.4 Å². The van der Waals surface area contributed by atoms with E-state index in [-0.39, 0.29) is 30.1 Å². The van der Waals surface area contributed by atoms with Gasteiger partial charge in [-0.05, 0) is 44.1 Å². The van der Waals surface area contributed by atoms with Gasteiger partial charge in [0.05, 0.1) is 5.54 Å². The number of carbonyl (C=O) groups excluding carboxylic acids is 2. The first-order chi connectivity index (χ1) is 13.6. The van der Waals surface area contributed by atoms with Gasteiger partial charge >= 0.3 is 0 Å². The summed E-state index contributed by atoms with van der Waals surface area (Å²) >= 11 is 0. The number of hydrogen-bond donors (Lipinski definition) is 1. The summed E-state index contributed by atoms with van der Waals surface area (Å²) < 4.78 is 5.35. The Hall–Kier alpha value is -1.63. The molecule has 2 N–H and O–H groups in total. The normalized spacial score (nSPS) is 21.9. The smallest absolute Gasteiger partial charge is 0.242 e. The van der Waals surface area contributed by atoms with Crippen LogP contribution in [0.1, 0.15) is 44.1 Å². The van der Waals surface area contributed by atoms with Gasteiger partial charge in [-0.2, -0.15) is 0 Å². The van der Waals surface area contributed by atoms with Crippen molar-refractivity contribution in [2.75, 3.05) is 26.3 Å². The average Bonchev–Trinajstić information content (AvgIpc) is 3.58. The molecule has 0 bridgehead atoms. The van der Waals surface area contributed by atoms with Crippen LogP contribution in [0.2, 0.25) is 0 Å². The van der Waals surface area contributed by atoms with E-state index >= 15 is 0 Å². The van der Waals surface area contributed by atoms with Crippen molar-refractivity contribution in [3.63, 3.8) is 0 Å². The first-order valence-electron chi connectivity index (χ1n) is 10.6. The van der Waals surface area contributed by atoms with Crippen LogP contribution in [0.15, 0.2) is 30.3 Å². The van der Waals surface area contributed by atoms with E-state index in [9.17, 15) is 9.59 Å². The van der Waals surface area contributed by atoms with Crippen LogP contribution in [0.4, 0.5) is 0 Å². The molecule has 3 fully saturated rings. The number of hydrogen-bond acceptors (Lipinski definition) is 4. The molecule has 1 aliphatic carbocycles. The molecule has 4 rings (SSSR count). The van der Waals surface area contributed by atoms with Crippen LogP contribution in [0, 0.1) is 5.92 Å². The summed E-state index contributed by atoms with van der Waals surface area (Å²) in [5, 5.41) is 0. The molecule has 3 aliphatic rings. The number of carbonyl (C=O) groups is 2. The highest BCUT2D eigenvalue weighted by Crippen LogP contribution is 2.32. The summed E-state index contributed by atoms with van der Waals surface area (Å²) in [5.41, 5.74) is 6.75. The molecule has 160 valence electrons. The molecule has 1 aromatic rings. The van der Waals surface area contributed by atoms with Gasteiger partial charge < -0.3 is 20.3 Å². The summed E-state index contributed by atoms with van der Waals surface area (Å²) in [7, 11) is 0. The Morgan fingerprint density at radius 2 is 1.69 bits per heavy atom. The van der Waals surface area contributed by atoms with Crippen LogP contribution in [0.25, 0.3) is 0 Å². The molecule has 0 unspecified atom stereocenters. The van der Waals surface area contributed by atoms with E-state index in [1.54, 1.807) is 0 Å². The van der Waals surface area contributed by atoms with Crippen molar-refractivity contribution in [3.05, 3.63) is 35.9 Å². The number of benzene rings is 1. The lowest BCUT2D eigenvalue weighted by molar-refractivity contribution is -0.146. The van der Waals surface area contributed by atoms with Gasteiger partial charge in [0.25, 0.3) is 0 Å². The zero-order chi connectivity index (χ0) is 19.6. The third kappa shape index (κ3) is 5.11. The molecule has 1 aromatic carbocycles. The van der Waals surface area contributed by atoms with Gasteiger partial charge in [-0.15, -0.1) is 12.4 Å². The van der Waals surface area contributed by atoms with Gasteiger partial charge in [0.1, 0.15) is 0 Å². The Balaban J connectivity index is 0.00000240. The van der Waals surface area contributed by atoms with E-state index in [0.29, 0.717) is 51.7 Å². The standard InChI is InChI=1S/C22H31N3O3.ClH/c23-22(10-14-28-15-11-22)21(27)24-12-8-18(9-13-24)20(26)25(19-6-7-19)16-17-4-2-1-3-5-17;/h1-5,18-19H,6-16,23H2;1H. The minimum absolute atomic E-state index is 0. The molecule has 2 saturated heterocycles. The van der Waals surface area contributed by atoms with Gasteiger partial charge in [-0.1, -0.05) is 30.3 Å². The minimum Gasteiger partial charge on any atom is -0.381 e. The Kier molecular flexibility index (Phi) is 7.19. The lowest BCUT2D eigenvalue weighted by atomic mass is 9.87. The van der Waals surface area contributed by atoms with Crippen LogP contribution in [0.3, 0.4) is 0 Å². The number of likely N-dealkylation sites (tertiary alicyclic amines) is 1. The highest BCUT2D eigenvalue weighted by molar-refractivity contribution is 5.87. The molecule has 6 nitrogen and oxygen atoms in total. The van der Waals surface area contributed by atoms with Gasteiger partial charge in [0, 0.05) is 44.8 Å². The fraction of sp³-hybridized carbons (Fsp3) is 0.636. The third-order valence-electron chi connectivity index (χ3n) is 6.41. The molecule has 0 aromatic heterocycles. The molecule has 1 saturated carbocycles. The lowest BCUT2D eigenvalue weighted by Crippen LogP contribution is -2.59. The highest BCUT2D eigenvalue weighted by Gasteiger charge is 2.42. The van der Waals surface area contributed by atoms with Crippen LogP contribution in [-0.2, 0) is 20.9 Å². The molecular weight excluding hydrogens is 390 g/mol. The molecule has 2 heterocycles. The van der Waals surface area contributed by atoms with Crippen LogP contribution < -0.4 is 5.73 Å². The van der Waals surface area contributed by atoms with Crippen molar-refractivity contribution in [2.24, 2.45) is 11.7 Å². The average molecular weight is 422 g/mol. The number of nitrogens with two attached hydrogens (primary N) is 1. The van der Waals surface area contributed by atoms with Crippen LogP contribution in [0.5, 0.6) is 0 Å². The summed E-state index contributed by atoms with van der Waals surface area (Å²) in [6.45, 7) is 3.03. The number of nitrogens with zero attached hydrogens (tertiary/aromatic N) is 2. The number of amides is 2. The van der Waals surface area contributed by atoms with Crippen molar-refractivity contribution in [1.29, 1.82) is 0 Å². The lowest BCUT2D eigenvalue weighted by Gasteiger charge is -2.40. The van der Waals surface area contributed by atoms with E-state index in [4.69, 9.17) is 10.5 Å². The predicted molar refractivity (Wildman–Crippen MR) is 114 cm³/mol. The summed E-state index contributed by atoms with van der Waals surface area (Å²) in [6, 6.07) is 10.6. The second kappa shape index (κ2) is 9.45. The Labute approximate surface area is 179 Å². The quantitative estimate of drug-likeness (QED) is 0.791.